The number of guanidine groups is 1. The van der Waals surface area contributed by atoms with Gasteiger partial charge in [0, 0.05) is 57.7 Å². The van der Waals surface area contributed by atoms with Crippen LogP contribution in [0.15, 0.2) is 23.2 Å². The molecule has 2 aliphatic rings. The first-order valence-electron chi connectivity index (χ1n) is 11.6. The van der Waals surface area contributed by atoms with Crippen LogP contribution in [0, 0.1) is 18.8 Å². The summed E-state index contributed by atoms with van der Waals surface area (Å²) in [5, 5.41) is 6.61. The van der Waals surface area contributed by atoms with E-state index in [0.717, 1.165) is 50.5 Å². The average Bonchev–Trinajstić information content (AvgIpc) is 3.29. The van der Waals surface area contributed by atoms with Crippen molar-refractivity contribution in [2.75, 3.05) is 46.5 Å². The number of aliphatic imine (C=N–C) groups is 1. The van der Waals surface area contributed by atoms with Crippen molar-refractivity contribution in [2.45, 2.75) is 46.1 Å². The zero-order valence-electron chi connectivity index (χ0n) is 19.3. The van der Waals surface area contributed by atoms with Gasteiger partial charge in [0.25, 0.3) is 0 Å². The van der Waals surface area contributed by atoms with Crippen molar-refractivity contribution in [1.82, 2.24) is 15.5 Å². The third-order valence-electron chi connectivity index (χ3n) is 6.03. The Morgan fingerprint density at radius 3 is 2.94 bits per heavy atom. The summed E-state index contributed by atoms with van der Waals surface area (Å²) in [4.78, 5) is 18.7. The number of aryl methyl sites for hydroxylation is 1. The smallest absolute Gasteiger partial charge is 0.224 e. The highest BCUT2D eigenvalue weighted by molar-refractivity contribution is 5.81. The average molecular weight is 431 g/mol. The van der Waals surface area contributed by atoms with E-state index in [0.29, 0.717) is 43.9 Å². The Balaban J connectivity index is 1.44. The molecule has 0 spiro atoms. The van der Waals surface area contributed by atoms with Gasteiger partial charge >= 0.3 is 0 Å². The number of amides is 1. The predicted molar refractivity (Wildman–Crippen MR) is 123 cm³/mol. The number of hydrogen-bond acceptors (Lipinski definition) is 4. The van der Waals surface area contributed by atoms with E-state index in [-0.39, 0.29) is 5.91 Å². The van der Waals surface area contributed by atoms with E-state index >= 15 is 0 Å². The van der Waals surface area contributed by atoms with Gasteiger partial charge in [0.1, 0.15) is 5.75 Å². The van der Waals surface area contributed by atoms with Crippen LogP contribution >= 0.6 is 0 Å². The second kappa shape index (κ2) is 11.9. The summed E-state index contributed by atoms with van der Waals surface area (Å²) in [6.07, 6.45) is 3.87. The van der Waals surface area contributed by atoms with Gasteiger partial charge in [-0.3, -0.25) is 9.79 Å². The minimum absolute atomic E-state index is 0.222. The Labute approximate surface area is 186 Å². The van der Waals surface area contributed by atoms with Crippen molar-refractivity contribution in [3.63, 3.8) is 0 Å². The highest BCUT2D eigenvalue weighted by Gasteiger charge is 2.20. The van der Waals surface area contributed by atoms with Gasteiger partial charge in [0.2, 0.25) is 5.91 Å². The summed E-state index contributed by atoms with van der Waals surface area (Å²) < 4.78 is 11.6. The van der Waals surface area contributed by atoms with Crippen molar-refractivity contribution in [3.8, 4) is 5.75 Å². The van der Waals surface area contributed by atoms with Crippen LogP contribution in [0.5, 0.6) is 5.75 Å². The Morgan fingerprint density at radius 1 is 1.32 bits per heavy atom. The third kappa shape index (κ3) is 7.42. The minimum Gasteiger partial charge on any atom is -0.493 e. The van der Waals surface area contributed by atoms with Gasteiger partial charge in [-0.1, -0.05) is 19.1 Å². The van der Waals surface area contributed by atoms with Gasteiger partial charge in [-0.05, 0) is 43.7 Å². The number of nitrogens with zero attached hydrogens (tertiary/aromatic N) is 2. The fraction of sp³-hybridized carbons (Fsp3) is 0.667. The number of nitrogens with one attached hydrogen (secondary N) is 2. The topological polar surface area (TPSA) is 75.2 Å². The van der Waals surface area contributed by atoms with Gasteiger partial charge in [-0.25, -0.2) is 0 Å². The van der Waals surface area contributed by atoms with Gasteiger partial charge in [0.15, 0.2) is 5.96 Å². The molecule has 2 aliphatic heterocycles. The van der Waals surface area contributed by atoms with Crippen molar-refractivity contribution in [1.29, 1.82) is 0 Å². The first-order valence-corrected chi connectivity index (χ1v) is 11.6. The van der Waals surface area contributed by atoms with Crippen molar-refractivity contribution in [3.05, 3.63) is 29.3 Å². The summed E-state index contributed by atoms with van der Waals surface area (Å²) in [7, 11) is 1.75. The van der Waals surface area contributed by atoms with Crippen LogP contribution in [0.1, 0.15) is 43.7 Å². The fourth-order valence-electron chi connectivity index (χ4n) is 4.13. The minimum atomic E-state index is 0.222. The van der Waals surface area contributed by atoms with Gasteiger partial charge < -0.3 is 25.0 Å². The molecule has 1 aromatic carbocycles. The van der Waals surface area contributed by atoms with Crippen LogP contribution < -0.4 is 15.4 Å². The third-order valence-corrected chi connectivity index (χ3v) is 6.03. The Morgan fingerprint density at radius 2 is 2.19 bits per heavy atom. The number of likely N-dealkylation sites (tertiary alicyclic amines) is 1. The summed E-state index contributed by atoms with van der Waals surface area (Å²) >= 11 is 0. The molecule has 0 saturated carbocycles. The number of ether oxygens (including phenoxy) is 2. The standard InChI is InChI=1S/C24H38N4O3/c1-18-6-7-21(22(13-18)31-17-20-9-12-30-16-20)14-27-24(25-3)26-10-8-23(29)28-11-4-5-19(2)15-28/h6-7,13,19-20H,4-5,8-12,14-17H2,1-3H3,(H2,25,26,27). The van der Waals surface area contributed by atoms with Crippen LogP contribution in [-0.4, -0.2) is 63.3 Å². The van der Waals surface area contributed by atoms with Crippen molar-refractivity contribution in [2.24, 2.45) is 16.8 Å². The normalized spacial score (nSPS) is 21.8. The largest absolute Gasteiger partial charge is 0.493 e. The molecule has 2 N–H and O–H groups in total. The summed E-state index contributed by atoms with van der Waals surface area (Å²) in [6.45, 7) is 9.53. The Kier molecular flexibility index (Phi) is 9.00. The summed E-state index contributed by atoms with van der Waals surface area (Å²) in [6, 6.07) is 6.27. The van der Waals surface area contributed by atoms with E-state index in [2.05, 4.69) is 47.7 Å². The second-order valence-corrected chi connectivity index (χ2v) is 8.84. The molecule has 2 heterocycles. The first kappa shape index (κ1) is 23.4. The number of piperidine rings is 1. The zero-order chi connectivity index (χ0) is 22.1. The summed E-state index contributed by atoms with van der Waals surface area (Å²) in [5.41, 5.74) is 2.26. The molecule has 172 valence electrons. The SMILES string of the molecule is CN=C(NCCC(=O)N1CCCC(C)C1)NCc1ccc(C)cc1OCC1CCOC1. The Hall–Kier alpha value is -2.28. The van der Waals surface area contributed by atoms with Gasteiger partial charge in [0.05, 0.1) is 13.2 Å². The highest BCUT2D eigenvalue weighted by atomic mass is 16.5. The molecular formula is C24H38N4O3. The molecule has 2 atom stereocenters. The molecule has 2 fully saturated rings. The van der Waals surface area contributed by atoms with Crippen LogP contribution in [0.3, 0.4) is 0 Å². The van der Waals surface area contributed by atoms with Crippen molar-refractivity contribution < 1.29 is 14.3 Å². The fourth-order valence-corrected chi connectivity index (χ4v) is 4.13. The zero-order valence-corrected chi connectivity index (χ0v) is 19.3. The van der Waals surface area contributed by atoms with Gasteiger partial charge in [-0.15, -0.1) is 0 Å². The van der Waals surface area contributed by atoms with Gasteiger partial charge in [-0.2, -0.15) is 0 Å². The predicted octanol–water partition coefficient (Wildman–Crippen LogP) is 2.72. The van der Waals surface area contributed by atoms with E-state index in [1.807, 2.05) is 4.90 Å². The maximum absolute atomic E-state index is 12.5. The molecular weight excluding hydrogens is 392 g/mol. The van der Waals surface area contributed by atoms with Crippen LogP contribution in [0.25, 0.3) is 0 Å². The maximum Gasteiger partial charge on any atom is 0.224 e. The molecule has 2 saturated heterocycles. The molecule has 0 aliphatic carbocycles. The first-order chi connectivity index (χ1) is 15.0. The molecule has 7 heteroatoms. The quantitative estimate of drug-likeness (QED) is 0.490. The Bertz CT molecular complexity index is 746. The lowest BCUT2D eigenvalue weighted by Crippen LogP contribution is -2.42. The molecule has 1 aromatic rings. The summed E-state index contributed by atoms with van der Waals surface area (Å²) in [5.74, 6) is 2.89. The van der Waals surface area contributed by atoms with Crippen LogP contribution in [0.4, 0.5) is 0 Å². The molecule has 3 rings (SSSR count). The molecule has 0 bridgehead atoms. The van der Waals surface area contributed by atoms with E-state index in [9.17, 15) is 4.79 Å². The van der Waals surface area contributed by atoms with E-state index in [1.54, 1.807) is 7.05 Å². The molecule has 0 radical (unpaired) electrons. The lowest BCUT2D eigenvalue weighted by Gasteiger charge is -2.31. The maximum atomic E-state index is 12.5. The molecule has 7 nitrogen and oxygen atoms in total. The number of carbonyl (C=O) groups is 1. The van der Waals surface area contributed by atoms with Crippen LogP contribution in [-0.2, 0) is 16.1 Å². The molecule has 2 unspecified atom stereocenters. The number of hydrogen-bond donors (Lipinski definition) is 2. The van der Waals surface area contributed by atoms with E-state index < -0.39 is 0 Å². The molecule has 0 aromatic heterocycles. The monoisotopic (exact) mass is 430 g/mol. The van der Waals surface area contributed by atoms with Crippen LogP contribution in [0.2, 0.25) is 0 Å². The second-order valence-electron chi connectivity index (χ2n) is 8.84. The number of rotatable bonds is 8. The lowest BCUT2D eigenvalue weighted by atomic mass is 10.00. The van der Waals surface area contributed by atoms with E-state index in [4.69, 9.17) is 9.47 Å². The molecule has 1 amide bonds. The molecule has 31 heavy (non-hydrogen) atoms. The van der Waals surface area contributed by atoms with E-state index in [1.165, 1.54) is 12.0 Å². The number of carbonyl (C=O) groups excluding carboxylic acids is 1. The number of benzene rings is 1. The van der Waals surface area contributed by atoms with Crippen molar-refractivity contribution >= 4 is 11.9 Å². The highest BCUT2D eigenvalue weighted by Crippen LogP contribution is 2.22. The lowest BCUT2D eigenvalue weighted by molar-refractivity contribution is -0.132.